The van der Waals surface area contributed by atoms with Crippen molar-refractivity contribution < 1.29 is 22.4 Å². The molecule has 0 saturated carbocycles. The lowest BCUT2D eigenvalue weighted by Gasteiger charge is -2.22. The maximum atomic E-state index is 14.6. The zero-order valence-corrected chi connectivity index (χ0v) is 17.6. The fourth-order valence-corrected chi connectivity index (χ4v) is 3.81. The first-order valence-corrected chi connectivity index (χ1v) is 10.3. The zero-order valence-electron chi connectivity index (χ0n) is 17.6. The lowest BCUT2D eigenvalue weighted by molar-refractivity contribution is -0.137. The molecule has 10 heteroatoms. The molecule has 1 fully saturated rings. The van der Waals surface area contributed by atoms with Gasteiger partial charge in [0, 0.05) is 24.8 Å². The average molecular weight is 460 g/mol. The monoisotopic (exact) mass is 460 g/mol. The molecule has 0 bridgehead atoms. The van der Waals surface area contributed by atoms with Crippen molar-refractivity contribution >= 4 is 17.3 Å². The smallest absolute Gasteiger partial charge is 0.370 e. The molecule has 6 nitrogen and oxygen atoms in total. The van der Waals surface area contributed by atoms with Crippen LogP contribution in [-0.4, -0.2) is 28.8 Å². The standard InChI is InChI=1S/C23H20F4N4O2/c1-14-12-19(32)21(29-31(14)16-7-4-6-15(13-16)23(25,26)27)22(33)28-20-17(24)8-5-9-18(20)30-10-2-3-11-30/h4-9,12-13H,2-3,10-11H2,1H3,(H,28,33). The Kier molecular flexibility index (Phi) is 5.92. The summed E-state index contributed by atoms with van der Waals surface area (Å²) >= 11 is 0. The third-order valence-electron chi connectivity index (χ3n) is 5.42. The van der Waals surface area contributed by atoms with Gasteiger partial charge >= 0.3 is 6.18 Å². The van der Waals surface area contributed by atoms with Crippen molar-refractivity contribution in [2.45, 2.75) is 25.9 Å². The Morgan fingerprint density at radius 3 is 2.45 bits per heavy atom. The van der Waals surface area contributed by atoms with Crippen LogP contribution in [0.4, 0.5) is 28.9 Å². The summed E-state index contributed by atoms with van der Waals surface area (Å²) in [4.78, 5) is 27.3. The topological polar surface area (TPSA) is 67.2 Å². The van der Waals surface area contributed by atoms with Crippen LogP contribution in [0.1, 0.15) is 34.6 Å². The summed E-state index contributed by atoms with van der Waals surface area (Å²) in [6, 6.07) is 9.87. The molecule has 0 atom stereocenters. The SMILES string of the molecule is Cc1cc(=O)c(C(=O)Nc2c(F)cccc2N2CCCC2)nn1-c1cccc(C(F)(F)F)c1. The summed E-state index contributed by atoms with van der Waals surface area (Å²) < 4.78 is 55.0. The van der Waals surface area contributed by atoms with Gasteiger partial charge in [-0.1, -0.05) is 12.1 Å². The number of aryl methyl sites for hydroxylation is 1. The van der Waals surface area contributed by atoms with Crippen LogP contribution < -0.4 is 15.6 Å². The molecule has 2 heterocycles. The maximum absolute atomic E-state index is 14.6. The van der Waals surface area contributed by atoms with Gasteiger partial charge in [0.15, 0.2) is 5.69 Å². The number of nitrogens with zero attached hydrogens (tertiary/aromatic N) is 3. The third-order valence-corrected chi connectivity index (χ3v) is 5.42. The molecule has 1 aliphatic heterocycles. The number of benzene rings is 2. The third kappa shape index (κ3) is 4.59. The molecule has 1 aromatic heterocycles. The van der Waals surface area contributed by atoms with Crippen LogP contribution in [0.25, 0.3) is 5.69 Å². The Bertz CT molecular complexity index is 1260. The van der Waals surface area contributed by atoms with E-state index in [0.717, 1.165) is 35.7 Å². The number of nitrogens with one attached hydrogen (secondary N) is 1. The van der Waals surface area contributed by atoms with Gasteiger partial charge in [-0.15, -0.1) is 0 Å². The quantitative estimate of drug-likeness (QED) is 0.580. The number of anilines is 2. The molecule has 3 aromatic rings. The zero-order chi connectivity index (χ0) is 23.8. The number of amides is 1. The van der Waals surface area contributed by atoms with Crippen LogP contribution >= 0.6 is 0 Å². The molecular weight excluding hydrogens is 440 g/mol. The van der Waals surface area contributed by atoms with E-state index >= 15 is 0 Å². The van der Waals surface area contributed by atoms with E-state index in [9.17, 15) is 27.2 Å². The Balaban J connectivity index is 1.72. The fraction of sp³-hybridized carbons (Fsp3) is 0.261. The number of hydrogen-bond acceptors (Lipinski definition) is 4. The van der Waals surface area contributed by atoms with Crippen molar-refractivity contribution in [3.8, 4) is 5.69 Å². The highest BCUT2D eigenvalue weighted by Gasteiger charge is 2.31. The van der Waals surface area contributed by atoms with E-state index in [-0.39, 0.29) is 17.1 Å². The Morgan fingerprint density at radius 2 is 1.76 bits per heavy atom. The molecule has 0 unspecified atom stereocenters. The Hall–Kier alpha value is -3.69. The van der Waals surface area contributed by atoms with Crippen LogP contribution in [0.2, 0.25) is 0 Å². The van der Waals surface area contributed by atoms with Crippen molar-refractivity contribution in [1.29, 1.82) is 0 Å². The van der Waals surface area contributed by atoms with Gasteiger partial charge < -0.3 is 10.2 Å². The van der Waals surface area contributed by atoms with Crippen LogP contribution in [0.15, 0.2) is 53.3 Å². The van der Waals surface area contributed by atoms with E-state index in [2.05, 4.69) is 10.4 Å². The van der Waals surface area contributed by atoms with E-state index < -0.39 is 34.6 Å². The second kappa shape index (κ2) is 8.68. The molecule has 4 rings (SSSR count). The molecule has 1 N–H and O–H groups in total. The summed E-state index contributed by atoms with van der Waals surface area (Å²) in [5, 5.41) is 6.44. The van der Waals surface area contributed by atoms with Crippen molar-refractivity contribution in [1.82, 2.24) is 9.78 Å². The summed E-state index contributed by atoms with van der Waals surface area (Å²) in [7, 11) is 0. The molecule has 33 heavy (non-hydrogen) atoms. The number of hydrogen-bond donors (Lipinski definition) is 1. The molecule has 1 saturated heterocycles. The Labute approximate surface area is 186 Å². The number of rotatable bonds is 4. The van der Waals surface area contributed by atoms with E-state index in [0.29, 0.717) is 18.8 Å². The van der Waals surface area contributed by atoms with Crippen molar-refractivity contribution in [3.63, 3.8) is 0 Å². The predicted molar refractivity (Wildman–Crippen MR) is 115 cm³/mol. The minimum Gasteiger partial charge on any atom is -0.370 e. The molecule has 1 amide bonds. The number of carbonyl (C=O) groups excluding carboxylic acids is 1. The summed E-state index contributed by atoms with van der Waals surface area (Å²) in [5.74, 6) is -1.62. The number of para-hydroxylation sites is 1. The highest BCUT2D eigenvalue weighted by molar-refractivity contribution is 6.04. The minimum atomic E-state index is -4.57. The van der Waals surface area contributed by atoms with Gasteiger partial charge in [0.2, 0.25) is 5.43 Å². The van der Waals surface area contributed by atoms with Gasteiger partial charge in [0.05, 0.1) is 16.9 Å². The number of carbonyl (C=O) groups is 1. The summed E-state index contributed by atoms with van der Waals surface area (Å²) in [5.41, 5.74) is -1.50. The highest BCUT2D eigenvalue weighted by atomic mass is 19.4. The molecule has 172 valence electrons. The van der Waals surface area contributed by atoms with Gasteiger partial charge in [-0.2, -0.15) is 18.3 Å². The van der Waals surface area contributed by atoms with E-state index in [1.807, 2.05) is 4.90 Å². The lowest BCUT2D eigenvalue weighted by atomic mass is 10.2. The van der Waals surface area contributed by atoms with Crippen molar-refractivity contribution in [2.24, 2.45) is 0 Å². The van der Waals surface area contributed by atoms with Crippen LogP contribution in [0.5, 0.6) is 0 Å². The van der Waals surface area contributed by atoms with Crippen LogP contribution in [0.3, 0.4) is 0 Å². The number of alkyl halides is 3. The fourth-order valence-electron chi connectivity index (χ4n) is 3.81. The van der Waals surface area contributed by atoms with Crippen LogP contribution in [0, 0.1) is 12.7 Å². The molecule has 1 aliphatic rings. The number of aromatic nitrogens is 2. The average Bonchev–Trinajstić information content (AvgIpc) is 3.29. The first kappa shape index (κ1) is 22.5. The minimum absolute atomic E-state index is 0.0278. The van der Waals surface area contributed by atoms with Gasteiger partial charge in [-0.25, -0.2) is 9.07 Å². The van der Waals surface area contributed by atoms with Gasteiger partial charge in [0.1, 0.15) is 11.5 Å². The first-order chi connectivity index (χ1) is 15.6. The normalized spacial score (nSPS) is 13.9. The van der Waals surface area contributed by atoms with Gasteiger partial charge in [-0.05, 0) is 50.1 Å². The van der Waals surface area contributed by atoms with Crippen molar-refractivity contribution in [3.05, 3.63) is 81.5 Å². The van der Waals surface area contributed by atoms with E-state index in [4.69, 9.17) is 0 Å². The molecule has 0 spiro atoms. The second-order valence-corrected chi connectivity index (χ2v) is 7.74. The largest absolute Gasteiger partial charge is 0.416 e. The second-order valence-electron chi connectivity index (χ2n) is 7.74. The summed E-state index contributed by atoms with van der Waals surface area (Å²) in [6.45, 7) is 2.90. The number of halogens is 4. The molecule has 0 aliphatic carbocycles. The molecule has 2 aromatic carbocycles. The van der Waals surface area contributed by atoms with Gasteiger partial charge in [-0.3, -0.25) is 9.59 Å². The lowest BCUT2D eigenvalue weighted by Crippen LogP contribution is -2.28. The van der Waals surface area contributed by atoms with Gasteiger partial charge in [0.25, 0.3) is 5.91 Å². The van der Waals surface area contributed by atoms with E-state index in [1.54, 1.807) is 6.07 Å². The van der Waals surface area contributed by atoms with E-state index in [1.165, 1.54) is 31.2 Å². The molecular formula is C23H20F4N4O2. The van der Waals surface area contributed by atoms with Crippen molar-refractivity contribution in [2.75, 3.05) is 23.3 Å². The first-order valence-electron chi connectivity index (χ1n) is 10.3. The highest BCUT2D eigenvalue weighted by Crippen LogP contribution is 2.32. The predicted octanol–water partition coefficient (Wildman–Crippen LogP) is 4.55. The molecule has 0 radical (unpaired) electrons. The summed E-state index contributed by atoms with van der Waals surface area (Å²) in [6.07, 6.45) is -2.70. The van der Waals surface area contributed by atoms with Crippen LogP contribution in [-0.2, 0) is 6.18 Å². The maximum Gasteiger partial charge on any atom is 0.416 e. The Morgan fingerprint density at radius 1 is 1.06 bits per heavy atom.